The lowest BCUT2D eigenvalue weighted by Gasteiger charge is -2.29. The van der Waals surface area contributed by atoms with Crippen LogP contribution >= 0.6 is 11.3 Å². The number of nitrogens with one attached hydrogen (secondary N) is 2. The van der Waals surface area contributed by atoms with E-state index in [4.69, 9.17) is 9.47 Å². The topological polar surface area (TPSA) is 131 Å². The molecule has 0 saturated carbocycles. The zero-order valence-electron chi connectivity index (χ0n) is 22.3. The van der Waals surface area contributed by atoms with Gasteiger partial charge in [-0.1, -0.05) is 33.8 Å². The molecule has 3 aromatic rings. The smallest absolute Gasteiger partial charge is 0.302 e. The predicted molar refractivity (Wildman–Crippen MR) is 144 cm³/mol. The first-order valence-electron chi connectivity index (χ1n) is 12.2. The maximum atomic E-state index is 12.7. The normalized spacial score (nSPS) is 11.7. The molecule has 10 nitrogen and oxygen atoms in total. The van der Waals surface area contributed by atoms with Crippen LogP contribution in [0.2, 0.25) is 0 Å². The molecule has 11 heteroatoms. The van der Waals surface area contributed by atoms with E-state index in [-0.39, 0.29) is 24.9 Å². The van der Waals surface area contributed by atoms with E-state index in [1.54, 1.807) is 30.0 Å². The van der Waals surface area contributed by atoms with Crippen molar-refractivity contribution in [1.29, 1.82) is 0 Å². The van der Waals surface area contributed by atoms with Gasteiger partial charge in [-0.25, -0.2) is 4.98 Å². The lowest BCUT2D eigenvalue weighted by molar-refractivity contribution is -0.142. The lowest BCUT2D eigenvalue weighted by atomic mass is 10.1. The number of anilines is 1. The molecule has 3 heterocycles. The molecule has 1 aliphatic heterocycles. The summed E-state index contributed by atoms with van der Waals surface area (Å²) >= 11 is 1.20. The van der Waals surface area contributed by atoms with Gasteiger partial charge in [0.2, 0.25) is 11.7 Å². The Labute approximate surface area is 220 Å². The predicted octanol–water partition coefficient (Wildman–Crippen LogP) is 4.08. The highest BCUT2D eigenvalue weighted by Crippen LogP contribution is 2.32. The first-order valence-corrected chi connectivity index (χ1v) is 13.0. The number of hydrogen-bond acceptors (Lipinski definition) is 8. The summed E-state index contributed by atoms with van der Waals surface area (Å²) in [5, 5.41) is 3.11. The first kappa shape index (κ1) is 29.5. The number of amides is 2. The van der Waals surface area contributed by atoms with Crippen molar-refractivity contribution in [2.75, 3.05) is 18.1 Å². The zero-order chi connectivity index (χ0) is 27.7. The fraction of sp³-hybridized carbons (Fsp3) is 0.423. The summed E-state index contributed by atoms with van der Waals surface area (Å²) in [5.41, 5.74) is 1.65. The second kappa shape index (κ2) is 13.5. The summed E-state index contributed by atoms with van der Waals surface area (Å²) in [4.78, 5) is 57.8. The van der Waals surface area contributed by atoms with E-state index in [0.717, 1.165) is 5.56 Å². The summed E-state index contributed by atoms with van der Waals surface area (Å²) in [6.07, 6.45) is 0. The maximum Gasteiger partial charge on any atom is 0.302 e. The minimum absolute atomic E-state index is 0.0441. The van der Waals surface area contributed by atoms with Crippen molar-refractivity contribution in [3.8, 4) is 5.75 Å². The number of benzene rings is 1. The third kappa shape index (κ3) is 6.94. The molecule has 0 aliphatic carbocycles. The van der Waals surface area contributed by atoms with E-state index < -0.39 is 17.4 Å². The number of aromatic nitrogens is 2. The molecule has 0 fully saturated rings. The second-order valence-electron chi connectivity index (χ2n) is 7.53. The van der Waals surface area contributed by atoms with E-state index in [1.165, 1.54) is 25.2 Å². The Balaban J connectivity index is 0.00000115. The lowest BCUT2D eigenvalue weighted by Crippen LogP contribution is -2.36. The highest BCUT2D eigenvalue weighted by atomic mass is 32.1. The number of fused-ring (bicyclic) bond motifs is 2. The van der Waals surface area contributed by atoms with Crippen LogP contribution in [0.5, 0.6) is 5.75 Å². The zero-order valence-corrected chi connectivity index (χ0v) is 23.1. The number of aryl methyl sites for hydroxylation is 1. The summed E-state index contributed by atoms with van der Waals surface area (Å²) in [5.74, 6) is -0.553. The van der Waals surface area contributed by atoms with Crippen molar-refractivity contribution in [3.05, 3.63) is 50.4 Å². The Hall–Kier alpha value is -3.73. The third-order valence-electron chi connectivity index (χ3n) is 5.24. The number of aromatic amines is 1. The SMILES string of the molecule is CC.CC.CC(=O)OCc1sc2nc(C(=O)NCc3ccc4c(c3)N(C(C)=O)CCO4)[nH]c(=O)c2c1C. The molecule has 0 spiro atoms. The van der Waals surface area contributed by atoms with Crippen molar-refractivity contribution in [3.63, 3.8) is 0 Å². The number of esters is 1. The van der Waals surface area contributed by atoms with Crippen LogP contribution in [0.3, 0.4) is 0 Å². The number of H-pyrrole nitrogens is 1. The van der Waals surface area contributed by atoms with Gasteiger partial charge in [-0.2, -0.15) is 0 Å². The van der Waals surface area contributed by atoms with Crippen LogP contribution in [0.1, 0.15) is 68.2 Å². The molecule has 2 amide bonds. The minimum atomic E-state index is -0.543. The Bertz CT molecular complexity index is 1330. The van der Waals surface area contributed by atoms with Gasteiger partial charge in [-0.15, -0.1) is 11.3 Å². The maximum absolute atomic E-state index is 12.7. The van der Waals surface area contributed by atoms with Crippen LogP contribution in [-0.2, 0) is 27.5 Å². The van der Waals surface area contributed by atoms with Crippen LogP contribution in [0, 0.1) is 6.92 Å². The molecule has 0 saturated heterocycles. The largest absolute Gasteiger partial charge is 0.490 e. The molecule has 4 rings (SSSR count). The summed E-state index contributed by atoms with van der Waals surface area (Å²) in [6, 6.07) is 5.35. The van der Waals surface area contributed by atoms with Crippen molar-refractivity contribution in [1.82, 2.24) is 15.3 Å². The van der Waals surface area contributed by atoms with Crippen LogP contribution in [-0.4, -0.2) is 40.9 Å². The van der Waals surface area contributed by atoms with Crippen LogP contribution in [0.4, 0.5) is 5.69 Å². The molecule has 0 atom stereocenters. The molecular formula is C26H34N4O6S. The number of carbonyl (C=O) groups is 3. The molecule has 2 N–H and O–H groups in total. The molecule has 200 valence electrons. The van der Waals surface area contributed by atoms with E-state index in [9.17, 15) is 19.2 Å². The average molecular weight is 531 g/mol. The molecular weight excluding hydrogens is 496 g/mol. The van der Waals surface area contributed by atoms with E-state index >= 15 is 0 Å². The number of ether oxygens (including phenoxy) is 2. The van der Waals surface area contributed by atoms with Crippen LogP contribution < -0.4 is 20.5 Å². The van der Waals surface area contributed by atoms with Crippen LogP contribution in [0.15, 0.2) is 23.0 Å². The Morgan fingerprint density at radius 2 is 1.89 bits per heavy atom. The fourth-order valence-electron chi connectivity index (χ4n) is 3.57. The van der Waals surface area contributed by atoms with Crippen molar-refractivity contribution in [2.45, 2.75) is 61.6 Å². The van der Waals surface area contributed by atoms with Gasteiger partial charge < -0.3 is 24.7 Å². The average Bonchev–Trinajstić information content (AvgIpc) is 3.23. The Morgan fingerprint density at radius 1 is 1.19 bits per heavy atom. The molecule has 0 radical (unpaired) electrons. The van der Waals surface area contributed by atoms with Gasteiger partial charge >= 0.3 is 5.97 Å². The number of hydrogen-bond donors (Lipinski definition) is 2. The van der Waals surface area contributed by atoms with Gasteiger partial charge in [0, 0.05) is 25.3 Å². The van der Waals surface area contributed by atoms with Crippen LogP contribution in [0.25, 0.3) is 10.2 Å². The minimum Gasteiger partial charge on any atom is -0.490 e. The molecule has 2 aromatic heterocycles. The van der Waals surface area contributed by atoms with Gasteiger partial charge in [0.1, 0.15) is 23.8 Å². The van der Waals surface area contributed by atoms with Gasteiger partial charge in [0.05, 0.1) is 17.6 Å². The summed E-state index contributed by atoms with van der Waals surface area (Å²) in [7, 11) is 0. The van der Waals surface area contributed by atoms with E-state index in [0.29, 0.717) is 45.2 Å². The van der Waals surface area contributed by atoms with Gasteiger partial charge in [-0.05, 0) is 30.2 Å². The van der Waals surface area contributed by atoms with Gasteiger partial charge in [-0.3, -0.25) is 19.2 Å². The number of rotatable bonds is 5. The van der Waals surface area contributed by atoms with Gasteiger partial charge in [0.15, 0.2) is 0 Å². The first-order chi connectivity index (χ1) is 17.7. The fourth-order valence-corrected chi connectivity index (χ4v) is 4.66. The third-order valence-corrected chi connectivity index (χ3v) is 6.40. The molecule has 0 unspecified atom stereocenters. The highest BCUT2D eigenvalue weighted by Gasteiger charge is 2.22. The monoisotopic (exact) mass is 530 g/mol. The number of carbonyl (C=O) groups excluding carboxylic acids is 3. The summed E-state index contributed by atoms with van der Waals surface area (Å²) < 4.78 is 10.6. The molecule has 1 aliphatic rings. The highest BCUT2D eigenvalue weighted by molar-refractivity contribution is 7.18. The van der Waals surface area contributed by atoms with Crippen molar-refractivity contribution < 1.29 is 23.9 Å². The number of nitrogens with zero attached hydrogens (tertiary/aromatic N) is 2. The Kier molecular flexibility index (Phi) is 10.8. The van der Waals surface area contributed by atoms with Crippen molar-refractivity contribution in [2.24, 2.45) is 0 Å². The Morgan fingerprint density at radius 3 is 2.54 bits per heavy atom. The van der Waals surface area contributed by atoms with E-state index in [1.807, 2.05) is 27.7 Å². The summed E-state index contributed by atoms with van der Waals surface area (Å²) in [6.45, 7) is 13.6. The quantitative estimate of drug-likeness (QED) is 0.475. The molecule has 0 bridgehead atoms. The molecule has 1 aromatic carbocycles. The molecule has 37 heavy (non-hydrogen) atoms. The second-order valence-corrected chi connectivity index (χ2v) is 8.61. The van der Waals surface area contributed by atoms with Gasteiger partial charge in [0.25, 0.3) is 11.5 Å². The number of thiophene rings is 1. The standard InChI is InChI=1S/C22H22N4O6S.2C2H6/c1-11-17(10-32-13(3)28)33-22-18(11)20(29)24-19(25-22)21(30)23-9-14-4-5-16-15(8-14)26(12(2)27)6-7-31-16;2*1-2/h4-5,8H,6-7,9-10H2,1-3H3,(H,23,30)(H,24,25,29);2*1-2H3. The van der Waals surface area contributed by atoms with E-state index in [2.05, 4.69) is 15.3 Å². The van der Waals surface area contributed by atoms with Crippen molar-refractivity contribution >= 4 is 45.0 Å².